The van der Waals surface area contributed by atoms with Gasteiger partial charge in [-0.25, -0.2) is 0 Å². The Morgan fingerprint density at radius 1 is 1.38 bits per heavy atom. The highest BCUT2D eigenvalue weighted by Crippen LogP contribution is 2.21. The van der Waals surface area contributed by atoms with Gasteiger partial charge in [0.15, 0.2) is 0 Å². The summed E-state index contributed by atoms with van der Waals surface area (Å²) in [4.78, 5) is 28.6. The van der Waals surface area contributed by atoms with Crippen LogP contribution in [0.25, 0.3) is 11.4 Å². The number of rotatable bonds is 7. The maximum atomic E-state index is 12.1. The van der Waals surface area contributed by atoms with E-state index in [1.807, 2.05) is 32.6 Å². The molecule has 1 heterocycles. The first kappa shape index (κ1) is 19.5. The molecule has 1 aromatic carbocycles. The van der Waals surface area contributed by atoms with Crippen LogP contribution in [-0.2, 0) is 11.3 Å². The van der Waals surface area contributed by atoms with Crippen LogP contribution in [0.15, 0.2) is 28.8 Å². The van der Waals surface area contributed by atoms with Gasteiger partial charge >= 0.3 is 0 Å². The quantitative estimate of drug-likeness (QED) is 0.595. The van der Waals surface area contributed by atoms with E-state index in [2.05, 4.69) is 15.5 Å². The van der Waals surface area contributed by atoms with Crippen LogP contribution >= 0.6 is 0 Å². The first-order chi connectivity index (χ1) is 12.2. The number of hydrogen-bond acceptors (Lipinski definition) is 7. The van der Waals surface area contributed by atoms with Crippen molar-refractivity contribution in [1.29, 1.82) is 0 Å². The van der Waals surface area contributed by atoms with E-state index in [0.29, 0.717) is 24.5 Å². The fourth-order valence-corrected chi connectivity index (χ4v) is 2.33. The number of benzene rings is 1. The predicted octanol–water partition coefficient (Wildman–Crippen LogP) is 2.38. The van der Waals surface area contributed by atoms with E-state index in [9.17, 15) is 14.9 Å². The molecule has 0 saturated heterocycles. The lowest BCUT2D eigenvalue weighted by atomic mass is 10.1. The molecular formula is C17H23N5O4. The minimum atomic E-state index is -0.475. The van der Waals surface area contributed by atoms with Crippen LogP contribution in [0, 0.1) is 10.1 Å². The highest BCUT2D eigenvalue weighted by molar-refractivity contribution is 5.78. The molecule has 0 spiro atoms. The van der Waals surface area contributed by atoms with Crippen molar-refractivity contribution in [3.05, 3.63) is 40.3 Å². The highest BCUT2D eigenvalue weighted by Gasteiger charge is 2.19. The molecule has 9 heteroatoms. The van der Waals surface area contributed by atoms with E-state index in [1.165, 1.54) is 12.1 Å². The van der Waals surface area contributed by atoms with Crippen molar-refractivity contribution in [2.75, 3.05) is 13.1 Å². The Kier molecular flexibility index (Phi) is 6.04. The SMILES string of the molecule is CCN(CC(=O)NC(C)(C)C)Cc1nc(-c2cccc([N+](=O)[O-])c2)no1. The second-order valence-electron chi connectivity index (χ2n) is 6.92. The summed E-state index contributed by atoms with van der Waals surface area (Å²) in [6.07, 6.45) is 0. The van der Waals surface area contributed by atoms with E-state index in [4.69, 9.17) is 4.52 Å². The molecule has 2 rings (SSSR count). The summed E-state index contributed by atoms with van der Waals surface area (Å²) in [5.74, 6) is 0.536. The van der Waals surface area contributed by atoms with Crippen LogP contribution < -0.4 is 5.32 Å². The van der Waals surface area contributed by atoms with Gasteiger partial charge in [0.2, 0.25) is 17.6 Å². The molecule has 0 aliphatic carbocycles. The van der Waals surface area contributed by atoms with E-state index < -0.39 is 4.92 Å². The third-order valence-corrected chi connectivity index (χ3v) is 3.47. The molecule has 0 unspecified atom stereocenters. The second-order valence-corrected chi connectivity index (χ2v) is 6.92. The molecule has 26 heavy (non-hydrogen) atoms. The summed E-state index contributed by atoms with van der Waals surface area (Å²) >= 11 is 0. The summed E-state index contributed by atoms with van der Waals surface area (Å²) in [6, 6.07) is 6.04. The molecule has 1 N–H and O–H groups in total. The predicted molar refractivity (Wildman–Crippen MR) is 95.2 cm³/mol. The van der Waals surface area contributed by atoms with Gasteiger partial charge in [-0.1, -0.05) is 24.2 Å². The van der Waals surface area contributed by atoms with Crippen LogP contribution in [0.3, 0.4) is 0 Å². The molecule has 0 aliphatic rings. The van der Waals surface area contributed by atoms with Gasteiger partial charge in [-0.2, -0.15) is 4.98 Å². The number of nitro benzene ring substituents is 1. The maximum Gasteiger partial charge on any atom is 0.270 e. The van der Waals surface area contributed by atoms with E-state index >= 15 is 0 Å². The van der Waals surface area contributed by atoms with Gasteiger partial charge in [0.1, 0.15) is 0 Å². The highest BCUT2D eigenvalue weighted by atomic mass is 16.6. The summed E-state index contributed by atoms with van der Waals surface area (Å²) in [7, 11) is 0. The van der Waals surface area contributed by atoms with Gasteiger partial charge in [-0.05, 0) is 27.3 Å². The van der Waals surface area contributed by atoms with Gasteiger partial charge in [-0.15, -0.1) is 0 Å². The zero-order valence-electron chi connectivity index (χ0n) is 15.4. The summed E-state index contributed by atoms with van der Waals surface area (Å²) in [5.41, 5.74) is 0.168. The molecule has 140 valence electrons. The Bertz CT molecular complexity index is 781. The second kappa shape index (κ2) is 8.05. The minimum Gasteiger partial charge on any atom is -0.350 e. The Hall–Kier alpha value is -2.81. The van der Waals surface area contributed by atoms with E-state index in [0.717, 1.165) is 0 Å². The van der Waals surface area contributed by atoms with Crippen molar-refractivity contribution in [3.8, 4) is 11.4 Å². The monoisotopic (exact) mass is 361 g/mol. The zero-order chi connectivity index (χ0) is 19.3. The lowest BCUT2D eigenvalue weighted by molar-refractivity contribution is -0.384. The largest absolute Gasteiger partial charge is 0.350 e. The number of likely N-dealkylation sites (N-methyl/N-ethyl adjacent to an activating group) is 1. The molecule has 1 aromatic heterocycles. The summed E-state index contributed by atoms with van der Waals surface area (Å²) in [5, 5.41) is 17.7. The van der Waals surface area contributed by atoms with Crippen molar-refractivity contribution < 1.29 is 14.2 Å². The molecule has 0 atom stereocenters. The van der Waals surface area contributed by atoms with Crippen molar-refractivity contribution in [3.63, 3.8) is 0 Å². The first-order valence-electron chi connectivity index (χ1n) is 8.28. The number of aromatic nitrogens is 2. The Labute approximate surface area is 151 Å². The Morgan fingerprint density at radius 3 is 2.73 bits per heavy atom. The molecule has 0 saturated carbocycles. The molecule has 0 radical (unpaired) electrons. The number of carbonyl (C=O) groups excluding carboxylic acids is 1. The molecule has 0 fully saturated rings. The van der Waals surface area contributed by atoms with Crippen molar-refractivity contribution in [2.24, 2.45) is 0 Å². The third-order valence-electron chi connectivity index (χ3n) is 3.47. The van der Waals surface area contributed by atoms with Gasteiger partial charge in [0.05, 0.1) is 18.0 Å². The Balaban J connectivity index is 2.05. The number of carbonyl (C=O) groups is 1. The fraction of sp³-hybridized carbons (Fsp3) is 0.471. The van der Waals surface area contributed by atoms with Crippen molar-refractivity contribution >= 4 is 11.6 Å². The molecule has 9 nitrogen and oxygen atoms in total. The molecule has 0 aliphatic heterocycles. The van der Waals surface area contributed by atoms with Crippen LogP contribution in [-0.4, -0.2) is 44.5 Å². The normalized spacial score (nSPS) is 11.6. The van der Waals surface area contributed by atoms with Crippen molar-refractivity contribution in [1.82, 2.24) is 20.4 Å². The number of hydrogen-bond donors (Lipinski definition) is 1. The molecule has 2 aromatic rings. The average Bonchev–Trinajstić information content (AvgIpc) is 3.01. The van der Waals surface area contributed by atoms with Crippen LogP contribution in [0.4, 0.5) is 5.69 Å². The lowest BCUT2D eigenvalue weighted by Crippen LogP contribution is -2.45. The van der Waals surface area contributed by atoms with E-state index in [-0.39, 0.29) is 29.5 Å². The fourth-order valence-electron chi connectivity index (χ4n) is 2.33. The van der Waals surface area contributed by atoms with E-state index in [1.54, 1.807) is 12.1 Å². The van der Waals surface area contributed by atoms with Crippen LogP contribution in [0.5, 0.6) is 0 Å². The smallest absolute Gasteiger partial charge is 0.270 e. The van der Waals surface area contributed by atoms with Gasteiger partial charge in [-0.3, -0.25) is 19.8 Å². The van der Waals surface area contributed by atoms with Gasteiger partial charge in [0, 0.05) is 23.2 Å². The Morgan fingerprint density at radius 2 is 2.12 bits per heavy atom. The van der Waals surface area contributed by atoms with Gasteiger partial charge in [0.25, 0.3) is 5.69 Å². The molecular weight excluding hydrogens is 338 g/mol. The zero-order valence-corrected chi connectivity index (χ0v) is 15.4. The summed E-state index contributed by atoms with van der Waals surface area (Å²) < 4.78 is 5.23. The number of nitrogens with one attached hydrogen (secondary N) is 1. The molecule has 0 bridgehead atoms. The average molecular weight is 361 g/mol. The standard InChI is InChI=1S/C17H23N5O4/c1-5-21(10-14(23)19-17(2,3)4)11-15-18-16(20-26-15)12-7-6-8-13(9-12)22(24)25/h6-9H,5,10-11H2,1-4H3,(H,19,23). The van der Waals surface area contributed by atoms with Gasteiger partial charge < -0.3 is 9.84 Å². The lowest BCUT2D eigenvalue weighted by Gasteiger charge is -2.23. The summed E-state index contributed by atoms with van der Waals surface area (Å²) in [6.45, 7) is 8.85. The number of non-ortho nitro benzene ring substituents is 1. The topological polar surface area (TPSA) is 114 Å². The number of nitrogens with zero attached hydrogens (tertiary/aromatic N) is 4. The van der Waals surface area contributed by atoms with Crippen molar-refractivity contribution in [2.45, 2.75) is 39.8 Å². The van der Waals surface area contributed by atoms with Crippen LogP contribution in [0.2, 0.25) is 0 Å². The number of amides is 1. The molecule has 1 amide bonds. The maximum absolute atomic E-state index is 12.1. The third kappa shape index (κ3) is 5.62. The first-order valence-corrected chi connectivity index (χ1v) is 8.28. The number of nitro groups is 1. The van der Waals surface area contributed by atoms with Crippen LogP contribution in [0.1, 0.15) is 33.6 Å². The minimum absolute atomic E-state index is 0.0390.